The highest BCUT2D eigenvalue weighted by atomic mass is 35.5. The molecule has 2 aromatic carbocycles. The molecular weight excluding hydrogens is 287 g/mol. The van der Waals surface area contributed by atoms with Crippen molar-refractivity contribution in [2.45, 2.75) is 31.1 Å². The predicted octanol–water partition coefficient (Wildman–Crippen LogP) is 4.71. The smallest absolute Gasteiger partial charge is 0.147 e. The van der Waals surface area contributed by atoms with E-state index in [2.05, 4.69) is 0 Å². The summed E-state index contributed by atoms with van der Waals surface area (Å²) in [5, 5.41) is 0.0719. The van der Waals surface area contributed by atoms with Crippen molar-refractivity contribution in [3.8, 4) is 0 Å². The van der Waals surface area contributed by atoms with E-state index in [-0.39, 0.29) is 17.2 Å². The number of benzene rings is 2. The van der Waals surface area contributed by atoms with E-state index in [9.17, 15) is 9.18 Å². The summed E-state index contributed by atoms with van der Waals surface area (Å²) in [6, 6.07) is 14.6. The zero-order valence-electron chi connectivity index (χ0n) is 11.6. The van der Waals surface area contributed by atoms with Crippen LogP contribution in [0.25, 0.3) is 0 Å². The summed E-state index contributed by atoms with van der Waals surface area (Å²) in [4.78, 5) is 12.8. The number of carbonyl (C=O) groups excluding carboxylic acids is 1. The highest BCUT2D eigenvalue weighted by Crippen LogP contribution is 2.45. The Morgan fingerprint density at radius 1 is 1.10 bits per heavy atom. The zero-order chi connectivity index (χ0) is 14.9. The van der Waals surface area contributed by atoms with Crippen molar-refractivity contribution in [3.05, 3.63) is 70.5 Å². The van der Waals surface area contributed by atoms with Crippen molar-refractivity contribution < 1.29 is 9.18 Å². The molecule has 0 unspecified atom stereocenters. The quantitative estimate of drug-likeness (QED) is 0.799. The lowest BCUT2D eigenvalue weighted by molar-refractivity contribution is -0.127. The van der Waals surface area contributed by atoms with Crippen LogP contribution in [0, 0.1) is 5.82 Å². The van der Waals surface area contributed by atoms with Crippen LogP contribution in [0.1, 0.15) is 30.4 Å². The minimum absolute atomic E-state index is 0.0719. The maximum atomic E-state index is 14.0. The molecular formula is C18H16ClFO. The van der Waals surface area contributed by atoms with Crippen molar-refractivity contribution >= 4 is 17.4 Å². The zero-order valence-corrected chi connectivity index (χ0v) is 12.4. The van der Waals surface area contributed by atoms with Gasteiger partial charge in [0.2, 0.25) is 0 Å². The fraction of sp³-hybridized carbons (Fsp3) is 0.278. The number of rotatable bonds is 4. The lowest BCUT2D eigenvalue weighted by Crippen LogP contribution is -2.43. The first kappa shape index (κ1) is 14.3. The molecule has 3 heteroatoms. The highest BCUT2D eigenvalue weighted by molar-refractivity contribution is 6.30. The molecule has 1 nitrogen and oxygen atoms in total. The predicted molar refractivity (Wildman–Crippen MR) is 82.1 cm³/mol. The Hall–Kier alpha value is -1.67. The third-order valence-electron chi connectivity index (χ3n) is 4.45. The summed E-state index contributed by atoms with van der Waals surface area (Å²) in [5.41, 5.74) is 0.995. The standard InChI is InChI=1S/C18H16ClFO/c19-15-9-4-6-13(17(15)20)12-16(21)18(10-5-11-18)14-7-2-1-3-8-14/h1-4,6-9H,5,10-12H2. The molecule has 0 saturated heterocycles. The SMILES string of the molecule is O=C(Cc1cccc(Cl)c1F)C1(c2ccccc2)CCC1. The van der Waals surface area contributed by atoms with Gasteiger partial charge in [-0.3, -0.25) is 4.79 Å². The van der Waals surface area contributed by atoms with Crippen LogP contribution >= 0.6 is 11.6 Å². The van der Waals surface area contributed by atoms with Gasteiger partial charge in [-0.25, -0.2) is 4.39 Å². The Morgan fingerprint density at radius 3 is 2.43 bits per heavy atom. The molecule has 0 radical (unpaired) electrons. The minimum Gasteiger partial charge on any atom is -0.298 e. The molecule has 0 N–H and O–H groups in total. The molecule has 108 valence electrons. The summed E-state index contributed by atoms with van der Waals surface area (Å²) < 4.78 is 14.0. The largest absolute Gasteiger partial charge is 0.298 e. The van der Waals surface area contributed by atoms with Gasteiger partial charge in [0, 0.05) is 6.42 Å². The molecule has 1 aliphatic carbocycles. The number of Topliss-reactive ketones (excluding diaryl/α,β-unsaturated/α-hetero) is 1. The van der Waals surface area contributed by atoms with Crippen molar-refractivity contribution in [2.24, 2.45) is 0 Å². The van der Waals surface area contributed by atoms with Gasteiger partial charge in [0.15, 0.2) is 0 Å². The Kier molecular flexibility index (Phi) is 3.81. The lowest BCUT2D eigenvalue weighted by atomic mass is 9.61. The van der Waals surface area contributed by atoms with Crippen molar-refractivity contribution in [3.63, 3.8) is 0 Å². The molecule has 2 aromatic rings. The fourth-order valence-electron chi connectivity index (χ4n) is 3.04. The van der Waals surface area contributed by atoms with Crippen molar-refractivity contribution in [1.82, 2.24) is 0 Å². The first-order valence-corrected chi connectivity index (χ1v) is 7.53. The number of halogens is 2. The van der Waals surface area contributed by atoms with E-state index in [1.165, 1.54) is 6.07 Å². The summed E-state index contributed by atoms with van der Waals surface area (Å²) in [5.74, 6) is -0.392. The van der Waals surface area contributed by atoms with E-state index in [0.29, 0.717) is 5.56 Å². The average molecular weight is 303 g/mol. The topological polar surface area (TPSA) is 17.1 Å². The first-order chi connectivity index (χ1) is 10.1. The maximum Gasteiger partial charge on any atom is 0.147 e. The number of carbonyl (C=O) groups is 1. The monoisotopic (exact) mass is 302 g/mol. The molecule has 0 amide bonds. The van der Waals surface area contributed by atoms with Crippen LogP contribution in [0.3, 0.4) is 0 Å². The molecule has 1 fully saturated rings. The van der Waals surface area contributed by atoms with Gasteiger partial charge < -0.3 is 0 Å². The van der Waals surface area contributed by atoms with E-state index >= 15 is 0 Å². The van der Waals surface area contributed by atoms with Crippen LogP contribution < -0.4 is 0 Å². The van der Waals surface area contributed by atoms with Crippen LogP contribution in [0.15, 0.2) is 48.5 Å². The van der Waals surface area contributed by atoms with Gasteiger partial charge >= 0.3 is 0 Å². The second-order valence-corrected chi connectivity index (χ2v) is 6.02. The van der Waals surface area contributed by atoms with E-state index in [1.54, 1.807) is 12.1 Å². The van der Waals surface area contributed by atoms with E-state index < -0.39 is 11.2 Å². The van der Waals surface area contributed by atoms with Crippen LogP contribution in [0.2, 0.25) is 5.02 Å². The summed E-state index contributed by atoms with van der Waals surface area (Å²) in [7, 11) is 0. The highest BCUT2D eigenvalue weighted by Gasteiger charge is 2.44. The molecule has 0 spiro atoms. The summed E-state index contributed by atoms with van der Waals surface area (Å²) in [6.45, 7) is 0. The number of hydrogen-bond donors (Lipinski definition) is 0. The van der Waals surface area contributed by atoms with Crippen LogP contribution in [0.5, 0.6) is 0 Å². The molecule has 0 atom stereocenters. The van der Waals surface area contributed by atoms with Gasteiger partial charge in [0.25, 0.3) is 0 Å². The van der Waals surface area contributed by atoms with E-state index in [1.807, 2.05) is 30.3 Å². The molecule has 0 heterocycles. The molecule has 21 heavy (non-hydrogen) atoms. The Labute approximate surface area is 128 Å². The molecule has 1 saturated carbocycles. The first-order valence-electron chi connectivity index (χ1n) is 7.15. The lowest BCUT2D eigenvalue weighted by Gasteiger charge is -2.41. The Balaban J connectivity index is 1.89. The van der Waals surface area contributed by atoms with Gasteiger partial charge in [-0.15, -0.1) is 0 Å². The van der Waals surface area contributed by atoms with Gasteiger partial charge in [0.05, 0.1) is 10.4 Å². The second kappa shape index (κ2) is 5.61. The van der Waals surface area contributed by atoms with Crippen molar-refractivity contribution in [2.75, 3.05) is 0 Å². The van der Waals surface area contributed by atoms with Gasteiger partial charge in [-0.2, -0.15) is 0 Å². The third-order valence-corrected chi connectivity index (χ3v) is 4.74. The molecule has 0 aromatic heterocycles. The van der Waals surface area contributed by atoms with Gasteiger partial charge in [0.1, 0.15) is 11.6 Å². The molecule has 0 bridgehead atoms. The summed E-state index contributed by atoms with van der Waals surface area (Å²) >= 11 is 5.79. The van der Waals surface area contributed by atoms with Gasteiger partial charge in [-0.1, -0.05) is 60.5 Å². The Bertz CT molecular complexity index is 662. The van der Waals surface area contributed by atoms with Crippen molar-refractivity contribution in [1.29, 1.82) is 0 Å². The number of ketones is 1. The molecule has 3 rings (SSSR count). The fourth-order valence-corrected chi connectivity index (χ4v) is 3.24. The maximum absolute atomic E-state index is 14.0. The van der Waals surface area contributed by atoms with Gasteiger partial charge in [-0.05, 0) is 30.0 Å². The van der Waals surface area contributed by atoms with E-state index in [4.69, 9.17) is 11.6 Å². The van der Waals surface area contributed by atoms with E-state index in [0.717, 1.165) is 24.8 Å². The second-order valence-electron chi connectivity index (χ2n) is 5.61. The van der Waals surface area contributed by atoms with Crippen LogP contribution in [-0.4, -0.2) is 5.78 Å². The Morgan fingerprint density at radius 2 is 1.81 bits per heavy atom. The van der Waals surface area contributed by atoms with Crippen LogP contribution in [0.4, 0.5) is 4.39 Å². The van der Waals surface area contributed by atoms with Crippen LogP contribution in [-0.2, 0) is 16.6 Å². The average Bonchev–Trinajstić information content (AvgIpc) is 2.44. The normalized spacial score (nSPS) is 16.3. The third kappa shape index (κ3) is 2.49. The number of hydrogen-bond acceptors (Lipinski definition) is 1. The summed E-state index contributed by atoms with van der Waals surface area (Å²) in [6.07, 6.45) is 2.83. The molecule has 1 aliphatic rings. The minimum atomic E-state index is -0.477. The molecule has 0 aliphatic heterocycles.